The van der Waals surface area contributed by atoms with Gasteiger partial charge in [0.25, 0.3) is 5.91 Å². The average Bonchev–Trinajstić information content (AvgIpc) is 3.39. The molecule has 156 valence electrons. The number of carbonyl (C=O) groups excluding carboxylic acids is 1. The molecule has 6 heteroatoms. The number of carbonyl (C=O) groups is 1. The molecule has 0 aliphatic carbocycles. The second kappa shape index (κ2) is 7.61. The minimum absolute atomic E-state index is 0.0347. The molecule has 0 saturated carbocycles. The molecule has 1 amide bonds. The molecule has 1 aliphatic rings. The lowest BCUT2D eigenvalue weighted by molar-refractivity contribution is 0.0737. The summed E-state index contributed by atoms with van der Waals surface area (Å²) in [6.07, 6.45) is 1.78. The van der Waals surface area contributed by atoms with E-state index in [4.69, 9.17) is 4.98 Å². The Bertz CT molecular complexity index is 1260. The maximum atomic E-state index is 13.8. The van der Waals surface area contributed by atoms with Crippen LogP contribution in [-0.2, 0) is 7.05 Å². The van der Waals surface area contributed by atoms with Crippen LogP contribution in [0.25, 0.3) is 22.3 Å². The van der Waals surface area contributed by atoms with Crippen LogP contribution in [0.15, 0.2) is 60.7 Å². The standard InChI is InChI=1S/C25H23FN4O/c1-16-23-20(15-21(17-7-4-3-5-8-17)27-24(23)29(2)28-16)25(31)30-14-6-9-22(30)18-10-12-19(26)13-11-18/h3-5,7-8,10-13,15,22H,6,9,14H2,1-2H3. The smallest absolute Gasteiger partial charge is 0.255 e. The van der Waals surface area contributed by atoms with Crippen molar-refractivity contribution >= 4 is 16.9 Å². The van der Waals surface area contributed by atoms with E-state index in [0.29, 0.717) is 17.8 Å². The lowest BCUT2D eigenvalue weighted by Crippen LogP contribution is -2.31. The van der Waals surface area contributed by atoms with E-state index in [1.165, 1.54) is 12.1 Å². The van der Waals surface area contributed by atoms with Gasteiger partial charge < -0.3 is 4.90 Å². The molecule has 31 heavy (non-hydrogen) atoms. The predicted octanol–water partition coefficient (Wildman–Crippen LogP) is 5.06. The van der Waals surface area contributed by atoms with Crippen molar-refractivity contribution in [2.75, 3.05) is 6.54 Å². The molecule has 2 aromatic heterocycles. The maximum Gasteiger partial charge on any atom is 0.255 e. The van der Waals surface area contributed by atoms with E-state index >= 15 is 0 Å². The van der Waals surface area contributed by atoms with Gasteiger partial charge in [0.2, 0.25) is 0 Å². The molecular weight excluding hydrogens is 391 g/mol. The number of rotatable bonds is 3. The first-order valence-corrected chi connectivity index (χ1v) is 10.5. The number of pyridine rings is 1. The lowest BCUT2D eigenvalue weighted by atomic mass is 10.0. The van der Waals surface area contributed by atoms with E-state index in [2.05, 4.69) is 5.10 Å². The van der Waals surface area contributed by atoms with Gasteiger partial charge in [0, 0.05) is 19.2 Å². The minimum atomic E-state index is -0.269. The fourth-order valence-electron chi connectivity index (χ4n) is 4.57. The van der Waals surface area contributed by atoms with Crippen LogP contribution in [0.1, 0.15) is 40.5 Å². The summed E-state index contributed by atoms with van der Waals surface area (Å²) in [7, 11) is 1.85. The Morgan fingerprint density at radius 2 is 1.84 bits per heavy atom. The molecule has 5 nitrogen and oxygen atoms in total. The van der Waals surface area contributed by atoms with Crippen molar-refractivity contribution in [3.05, 3.63) is 83.3 Å². The van der Waals surface area contributed by atoms with Crippen LogP contribution in [0, 0.1) is 12.7 Å². The molecule has 0 radical (unpaired) electrons. The first-order valence-electron chi connectivity index (χ1n) is 10.5. The highest BCUT2D eigenvalue weighted by Gasteiger charge is 2.32. The Balaban J connectivity index is 1.63. The highest BCUT2D eigenvalue weighted by atomic mass is 19.1. The monoisotopic (exact) mass is 414 g/mol. The number of fused-ring (bicyclic) bond motifs is 1. The van der Waals surface area contributed by atoms with Crippen LogP contribution in [0.5, 0.6) is 0 Å². The Morgan fingerprint density at radius 1 is 1.10 bits per heavy atom. The number of hydrogen-bond acceptors (Lipinski definition) is 3. The second-order valence-electron chi connectivity index (χ2n) is 8.04. The van der Waals surface area contributed by atoms with E-state index in [9.17, 15) is 9.18 Å². The lowest BCUT2D eigenvalue weighted by Gasteiger charge is -2.26. The van der Waals surface area contributed by atoms with Crippen LogP contribution in [0.3, 0.4) is 0 Å². The van der Waals surface area contributed by atoms with Gasteiger partial charge in [-0.3, -0.25) is 9.48 Å². The summed E-state index contributed by atoms with van der Waals surface area (Å²) in [5.41, 5.74) is 4.75. The van der Waals surface area contributed by atoms with Gasteiger partial charge in [-0.25, -0.2) is 9.37 Å². The summed E-state index contributed by atoms with van der Waals surface area (Å²) in [5, 5.41) is 5.31. The fourth-order valence-corrected chi connectivity index (χ4v) is 4.57. The summed E-state index contributed by atoms with van der Waals surface area (Å²) in [4.78, 5) is 20.6. The topological polar surface area (TPSA) is 51.0 Å². The fraction of sp³-hybridized carbons (Fsp3) is 0.240. The third kappa shape index (κ3) is 3.38. The van der Waals surface area contributed by atoms with Gasteiger partial charge in [-0.1, -0.05) is 42.5 Å². The van der Waals surface area contributed by atoms with Crippen molar-refractivity contribution in [3.63, 3.8) is 0 Å². The van der Waals surface area contributed by atoms with E-state index in [1.54, 1.807) is 16.8 Å². The van der Waals surface area contributed by atoms with Gasteiger partial charge in [0.1, 0.15) is 5.82 Å². The number of nitrogens with zero attached hydrogens (tertiary/aromatic N) is 4. The zero-order valence-corrected chi connectivity index (χ0v) is 17.5. The zero-order valence-electron chi connectivity index (χ0n) is 17.5. The SMILES string of the molecule is Cc1nn(C)c2nc(-c3ccccc3)cc(C(=O)N3CCCC3c3ccc(F)cc3)c12. The molecule has 1 fully saturated rings. The number of likely N-dealkylation sites (tertiary alicyclic amines) is 1. The quantitative estimate of drug-likeness (QED) is 0.471. The predicted molar refractivity (Wildman–Crippen MR) is 118 cm³/mol. The van der Waals surface area contributed by atoms with Crippen molar-refractivity contribution in [2.24, 2.45) is 7.05 Å². The first kappa shape index (κ1) is 19.4. The molecule has 1 unspecified atom stereocenters. The molecule has 2 aromatic carbocycles. The largest absolute Gasteiger partial charge is 0.332 e. The molecule has 4 aromatic rings. The van der Waals surface area contributed by atoms with Gasteiger partial charge in [0.15, 0.2) is 5.65 Å². The minimum Gasteiger partial charge on any atom is -0.332 e. The van der Waals surface area contributed by atoms with Crippen molar-refractivity contribution < 1.29 is 9.18 Å². The Hall–Kier alpha value is -3.54. The van der Waals surface area contributed by atoms with E-state index in [0.717, 1.165) is 40.7 Å². The number of benzene rings is 2. The van der Waals surface area contributed by atoms with Gasteiger partial charge >= 0.3 is 0 Å². The summed E-state index contributed by atoms with van der Waals surface area (Å²) < 4.78 is 15.2. The average molecular weight is 414 g/mol. The second-order valence-corrected chi connectivity index (χ2v) is 8.04. The number of halogens is 1. The Kier molecular flexibility index (Phi) is 4.77. The number of amides is 1. The molecule has 1 atom stereocenters. The van der Waals surface area contributed by atoms with Crippen LogP contribution < -0.4 is 0 Å². The van der Waals surface area contributed by atoms with Crippen molar-refractivity contribution in [3.8, 4) is 11.3 Å². The Labute approximate surface area is 180 Å². The third-order valence-corrected chi connectivity index (χ3v) is 6.04. The highest BCUT2D eigenvalue weighted by Crippen LogP contribution is 2.35. The van der Waals surface area contributed by atoms with E-state index in [-0.39, 0.29) is 17.8 Å². The summed E-state index contributed by atoms with van der Waals surface area (Å²) in [6.45, 7) is 2.58. The van der Waals surface area contributed by atoms with Crippen molar-refractivity contribution in [1.29, 1.82) is 0 Å². The number of aryl methyl sites for hydroxylation is 2. The normalized spacial score (nSPS) is 16.2. The van der Waals surface area contributed by atoms with Crippen LogP contribution in [0.2, 0.25) is 0 Å². The first-order chi connectivity index (χ1) is 15.0. The van der Waals surface area contributed by atoms with Gasteiger partial charge in [0.05, 0.1) is 28.4 Å². The van der Waals surface area contributed by atoms with Gasteiger partial charge in [-0.2, -0.15) is 5.10 Å². The molecule has 0 spiro atoms. The van der Waals surface area contributed by atoms with E-state index in [1.807, 2.05) is 55.3 Å². The number of aromatic nitrogens is 3. The summed E-state index contributed by atoms with van der Waals surface area (Å²) in [5.74, 6) is -0.304. The molecule has 0 N–H and O–H groups in total. The molecule has 3 heterocycles. The number of hydrogen-bond donors (Lipinski definition) is 0. The Morgan fingerprint density at radius 3 is 2.58 bits per heavy atom. The van der Waals surface area contributed by atoms with E-state index < -0.39 is 0 Å². The molecule has 1 saturated heterocycles. The van der Waals surface area contributed by atoms with Gasteiger partial charge in [-0.05, 0) is 43.5 Å². The maximum absolute atomic E-state index is 13.8. The highest BCUT2D eigenvalue weighted by molar-refractivity contribution is 6.07. The third-order valence-electron chi connectivity index (χ3n) is 6.04. The van der Waals surface area contributed by atoms with Gasteiger partial charge in [-0.15, -0.1) is 0 Å². The summed E-state index contributed by atoms with van der Waals surface area (Å²) >= 11 is 0. The summed E-state index contributed by atoms with van der Waals surface area (Å²) in [6, 6.07) is 18.1. The zero-order chi connectivity index (χ0) is 21.5. The molecular formula is C25H23FN4O. The molecule has 1 aliphatic heterocycles. The van der Waals surface area contributed by atoms with Crippen LogP contribution >= 0.6 is 0 Å². The molecule has 5 rings (SSSR count). The van der Waals surface area contributed by atoms with Crippen LogP contribution in [-0.4, -0.2) is 32.1 Å². The van der Waals surface area contributed by atoms with Crippen molar-refractivity contribution in [1.82, 2.24) is 19.7 Å². The van der Waals surface area contributed by atoms with Crippen LogP contribution in [0.4, 0.5) is 4.39 Å². The molecule has 0 bridgehead atoms. The van der Waals surface area contributed by atoms with Crippen molar-refractivity contribution in [2.45, 2.75) is 25.8 Å².